The van der Waals surface area contributed by atoms with Gasteiger partial charge in [-0.05, 0) is 24.3 Å². The zero-order valence-corrected chi connectivity index (χ0v) is 8.82. The molecular formula is C14H12N2. The van der Waals surface area contributed by atoms with Crippen molar-refractivity contribution in [2.75, 3.05) is 0 Å². The van der Waals surface area contributed by atoms with Gasteiger partial charge < -0.3 is 0 Å². The highest BCUT2D eigenvalue weighted by molar-refractivity contribution is 5.72. The second kappa shape index (κ2) is 5.61. The van der Waals surface area contributed by atoms with Crippen LogP contribution in [0.1, 0.15) is 0 Å². The highest BCUT2D eigenvalue weighted by Crippen LogP contribution is 2.04. The maximum atomic E-state index is 4.12. The van der Waals surface area contributed by atoms with Crippen LogP contribution in [0.4, 0.5) is 0 Å². The lowest BCUT2D eigenvalue weighted by Crippen LogP contribution is -1.78. The van der Waals surface area contributed by atoms with Crippen LogP contribution in [0.5, 0.6) is 0 Å². The van der Waals surface area contributed by atoms with Crippen molar-refractivity contribution < 1.29 is 0 Å². The normalized spacial score (nSPS) is 9.25. The van der Waals surface area contributed by atoms with Gasteiger partial charge in [0.05, 0.1) is 11.0 Å². The number of pyridine rings is 2. The first-order valence-electron chi connectivity index (χ1n) is 5.12. The van der Waals surface area contributed by atoms with E-state index in [0.717, 1.165) is 11.0 Å². The van der Waals surface area contributed by atoms with E-state index in [1.807, 2.05) is 60.7 Å². The molecule has 3 aromatic rings. The monoisotopic (exact) mass is 208 g/mol. The predicted molar refractivity (Wildman–Crippen MR) is 66.0 cm³/mol. The van der Waals surface area contributed by atoms with Crippen LogP contribution in [0.3, 0.4) is 0 Å². The van der Waals surface area contributed by atoms with Crippen LogP contribution >= 0.6 is 0 Å². The Bertz CT molecular complexity index is 443. The molecule has 3 rings (SSSR count). The van der Waals surface area contributed by atoms with E-state index in [-0.39, 0.29) is 0 Å². The van der Waals surface area contributed by atoms with Gasteiger partial charge in [0.15, 0.2) is 0 Å². The topological polar surface area (TPSA) is 25.8 Å². The van der Waals surface area contributed by atoms with E-state index in [1.165, 1.54) is 0 Å². The maximum absolute atomic E-state index is 4.12. The lowest BCUT2D eigenvalue weighted by molar-refractivity contribution is 1.34. The van der Waals surface area contributed by atoms with Crippen LogP contribution in [-0.4, -0.2) is 9.97 Å². The molecule has 0 radical (unpaired) electrons. The molecule has 1 aromatic carbocycles. The SMILES string of the molecule is c1ccccc1.c1cnc2cccnc2c1. The highest BCUT2D eigenvalue weighted by atomic mass is 14.7. The molecule has 0 atom stereocenters. The Balaban J connectivity index is 0.000000138. The van der Waals surface area contributed by atoms with Crippen molar-refractivity contribution >= 4 is 11.0 Å². The second-order valence-electron chi connectivity index (χ2n) is 3.20. The molecule has 0 saturated carbocycles. The van der Waals surface area contributed by atoms with Gasteiger partial charge in [-0.1, -0.05) is 36.4 Å². The molecule has 0 aliphatic heterocycles. The van der Waals surface area contributed by atoms with Gasteiger partial charge in [-0.3, -0.25) is 9.97 Å². The lowest BCUT2D eigenvalue weighted by atomic mass is 10.3. The molecule has 2 aromatic heterocycles. The number of hydrogen-bond acceptors (Lipinski definition) is 2. The van der Waals surface area contributed by atoms with E-state index in [4.69, 9.17) is 0 Å². The van der Waals surface area contributed by atoms with Crippen LogP contribution in [0.15, 0.2) is 73.1 Å². The molecule has 0 aliphatic rings. The van der Waals surface area contributed by atoms with Gasteiger partial charge in [0, 0.05) is 12.4 Å². The number of benzene rings is 1. The number of hydrogen-bond donors (Lipinski definition) is 0. The average Bonchev–Trinajstić information content (AvgIpc) is 2.42. The third-order valence-corrected chi connectivity index (χ3v) is 2.04. The van der Waals surface area contributed by atoms with Crippen molar-refractivity contribution in [1.82, 2.24) is 9.97 Å². The van der Waals surface area contributed by atoms with Crippen molar-refractivity contribution in [2.24, 2.45) is 0 Å². The Labute approximate surface area is 94.6 Å². The Hall–Kier alpha value is -2.22. The minimum atomic E-state index is 0.949. The molecule has 2 heteroatoms. The van der Waals surface area contributed by atoms with E-state index in [2.05, 4.69) is 9.97 Å². The molecule has 0 spiro atoms. The summed E-state index contributed by atoms with van der Waals surface area (Å²) in [5.74, 6) is 0. The van der Waals surface area contributed by atoms with E-state index < -0.39 is 0 Å². The molecule has 2 heterocycles. The third-order valence-electron chi connectivity index (χ3n) is 2.04. The quantitative estimate of drug-likeness (QED) is 0.566. The van der Waals surface area contributed by atoms with Gasteiger partial charge in [-0.15, -0.1) is 0 Å². The Morgan fingerprint density at radius 1 is 0.500 bits per heavy atom. The van der Waals surface area contributed by atoms with Crippen LogP contribution < -0.4 is 0 Å². The second-order valence-corrected chi connectivity index (χ2v) is 3.20. The number of aromatic nitrogens is 2. The van der Waals surface area contributed by atoms with E-state index in [9.17, 15) is 0 Å². The Kier molecular flexibility index (Phi) is 3.61. The summed E-state index contributed by atoms with van der Waals surface area (Å²) in [6.45, 7) is 0. The summed E-state index contributed by atoms with van der Waals surface area (Å²) >= 11 is 0. The number of nitrogens with zero attached hydrogens (tertiary/aromatic N) is 2. The molecule has 0 fully saturated rings. The predicted octanol–water partition coefficient (Wildman–Crippen LogP) is 3.32. The van der Waals surface area contributed by atoms with Gasteiger partial charge in [-0.2, -0.15) is 0 Å². The summed E-state index contributed by atoms with van der Waals surface area (Å²) in [6.07, 6.45) is 3.54. The van der Waals surface area contributed by atoms with Crippen molar-refractivity contribution in [3.8, 4) is 0 Å². The van der Waals surface area contributed by atoms with Gasteiger partial charge >= 0.3 is 0 Å². The summed E-state index contributed by atoms with van der Waals surface area (Å²) in [4.78, 5) is 8.24. The first kappa shape index (κ1) is 10.3. The van der Waals surface area contributed by atoms with Crippen LogP contribution in [0.2, 0.25) is 0 Å². The van der Waals surface area contributed by atoms with Crippen LogP contribution in [0.25, 0.3) is 11.0 Å². The average molecular weight is 208 g/mol. The minimum absolute atomic E-state index is 0.949. The van der Waals surface area contributed by atoms with Crippen molar-refractivity contribution in [3.05, 3.63) is 73.1 Å². The fraction of sp³-hybridized carbons (Fsp3) is 0. The number of rotatable bonds is 0. The summed E-state index contributed by atoms with van der Waals surface area (Å²) in [5.41, 5.74) is 1.90. The summed E-state index contributed by atoms with van der Waals surface area (Å²) < 4.78 is 0. The van der Waals surface area contributed by atoms with Crippen LogP contribution in [0, 0.1) is 0 Å². The first-order valence-corrected chi connectivity index (χ1v) is 5.12. The number of fused-ring (bicyclic) bond motifs is 1. The van der Waals surface area contributed by atoms with Gasteiger partial charge in [0.25, 0.3) is 0 Å². The molecule has 78 valence electrons. The van der Waals surface area contributed by atoms with Crippen LogP contribution in [-0.2, 0) is 0 Å². The largest absolute Gasteiger partial charge is 0.255 e. The molecule has 0 amide bonds. The molecule has 0 unspecified atom stereocenters. The minimum Gasteiger partial charge on any atom is -0.255 e. The zero-order valence-electron chi connectivity index (χ0n) is 8.82. The van der Waals surface area contributed by atoms with Crippen molar-refractivity contribution in [2.45, 2.75) is 0 Å². The standard InChI is InChI=1S/C8H6N2.C6H6/c1-3-7-8(9-5-1)4-2-6-10-7;1-2-4-6-5-3-1/h1-6H;1-6H. The van der Waals surface area contributed by atoms with Gasteiger partial charge in [0.1, 0.15) is 0 Å². The Morgan fingerprint density at radius 3 is 1.25 bits per heavy atom. The van der Waals surface area contributed by atoms with Gasteiger partial charge in [-0.25, -0.2) is 0 Å². The molecule has 0 saturated heterocycles. The zero-order chi connectivity index (χ0) is 11.1. The summed E-state index contributed by atoms with van der Waals surface area (Å²) in [5, 5.41) is 0. The smallest absolute Gasteiger partial charge is 0.0886 e. The lowest BCUT2D eigenvalue weighted by Gasteiger charge is -1.90. The fourth-order valence-electron chi connectivity index (χ4n) is 1.29. The summed E-state index contributed by atoms with van der Waals surface area (Å²) in [7, 11) is 0. The fourth-order valence-corrected chi connectivity index (χ4v) is 1.29. The van der Waals surface area contributed by atoms with Crippen molar-refractivity contribution in [1.29, 1.82) is 0 Å². The van der Waals surface area contributed by atoms with Gasteiger partial charge in [0.2, 0.25) is 0 Å². The molecular weight excluding hydrogens is 196 g/mol. The van der Waals surface area contributed by atoms with Crippen molar-refractivity contribution in [3.63, 3.8) is 0 Å². The third kappa shape index (κ3) is 2.89. The molecule has 2 nitrogen and oxygen atoms in total. The first-order chi connectivity index (χ1) is 7.97. The summed E-state index contributed by atoms with van der Waals surface area (Å²) in [6, 6.07) is 19.7. The molecule has 0 aliphatic carbocycles. The van der Waals surface area contributed by atoms with E-state index in [0.29, 0.717) is 0 Å². The van der Waals surface area contributed by atoms with E-state index in [1.54, 1.807) is 12.4 Å². The Morgan fingerprint density at radius 2 is 0.875 bits per heavy atom. The molecule has 16 heavy (non-hydrogen) atoms. The highest BCUT2D eigenvalue weighted by Gasteiger charge is 1.88. The maximum Gasteiger partial charge on any atom is 0.0886 e. The molecule has 0 bridgehead atoms. The van der Waals surface area contributed by atoms with E-state index >= 15 is 0 Å². The molecule has 0 N–H and O–H groups in total.